The first-order chi connectivity index (χ1) is 31.1. The van der Waals surface area contributed by atoms with Crippen LogP contribution in [0, 0.1) is 5.92 Å². The number of carbonyl (C=O) groups is 4. The highest BCUT2D eigenvalue weighted by molar-refractivity contribution is 6.06. The SMILES string of the molecule is CC.CC=N/C(=C\C(C)C(=O)Nc1cc(C(F)(F)F)cc(NC(=O)CCCCN=C(N)N)c1OCCN)C(=O)Nc1cc(C(F)(F)F)ccc1OCCN.CNC(=O)CCCCN=C(N)N. The fourth-order valence-electron chi connectivity index (χ4n) is 5.00. The lowest BCUT2D eigenvalue weighted by Gasteiger charge is -2.20. The number of anilines is 3. The second-order valence-corrected chi connectivity index (χ2v) is 13.3. The molecule has 19 nitrogen and oxygen atoms in total. The second-order valence-electron chi connectivity index (χ2n) is 13.3. The van der Waals surface area contributed by atoms with Crippen LogP contribution in [0.15, 0.2) is 57.1 Å². The Kier molecular flexibility index (Phi) is 28.1. The number of carbonyl (C=O) groups excluding carboxylic acids is 4. The molecular formula is C41H63F6N13O6. The van der Waals surface area contributed by atoms with E-state index in [1.165, 1.54) is 20.1 Å². The number of aliphatic imine (C=N–C) groups is 3. The number of hydrogen-bond acceptors (Lipinski definition) is 11. The van der Waals surface area contributed by atoms with Gasteiger partial charge in [0.2, 0.25) is 17.7 Å². The fraction of sp³-hybridized carbons (Fsp3) is 0.488. The number of nitrogens with two attached hydrogens (primary N) is 6. The Morgan fingerprint density at radius 2 is 1.21 bits per heavy atom. The molecule has 0 heterocycles. The number of nitrogens with zero attached hydrogens (tertiary/aromatic N) is 3. The molecule has 2 rings (SSSR count). The highest BCUT2D eigenvalue weighted by atomic mass is 19.4. The Bertz CT molecular complexity index is 1970. The summed E-state index contributed by atoms with van der Waals surface area (Å²) in [5.41, 5.74) is 27.7. The second kappa shape index (κ2) is 31.3. The predicted molar refractivity (Wildman–Crippen MR) is 244 cm³/mol. The number of hydrogen-bond donors (Lipinski definition) is 10. The van der Waals surface area contributed by atoms with E-state index < -0.39 is 64.2 Å². The molecule has 2 aromatic rings. The number of alkyl halides is 6. The van der Waals surface area contributed by atoms with Crippen molar-refractivity contribution in [3.05, 3.63) is 53.2 Å². The van der Waals surface area contributed by atoms with Gasteiger partial charge in [-0.2, -0.15) is 26.3 Å². The summed E-state index contributed by atoms with van der Waals surface area (Å²) in [5, 5.41) is 9.53. The van der Waals surface area contributed by atoms with Crippen molar-refractivity contribution >= 4 is 58.8 Å². The van der Waals surface area contributed by atoms with E-state index >= 15 is 0 Å². The molecule has 0 aromatic heterocycles. The van der Waals surface area contributed by atoms with Gasteiger partial charge in [-0.25, -0.2) is 0 Å². The highest BCUT2D eigenvalue weighted by Crippen LogP contribution is 2.41. The monoisotopic (exact) mass is 947 g/mol. The average Bonchev–Trinajstić information content (AvgIpc) is 3.24. The van der Waals surface area contributed by atoms with Gasteiger partial charge in [0, 0.05) is 52.3 Å². The Balaban J connectivity index is 0.00000260. The van der Waals surface area contributed by atoms with E-state index in [1.54, 1.807) is 7.05 Å². The van der Waals surface area contributed by atoms with E-state index in [0.717, 1.165) is 31.1 Å². The maximum atomic E-state index is 14.0. The molecule has 1 unspecified atom stereocenters. The lowest BCUT2D eigenvalue weighted by atomic mass is 10.1. The molecule has 0 saturated carbocycles. The Hall–Kier alpha value is -6.63. The third-order valence-corrected chi connectivity index (χ3v) is 8.06. The fourth-order valence-corrected chi connectivity index (χ4v) is 5.00. The number of benzene rings is 2. The van der Waals surface area contributed by atoms with E-state index in [4.69, 9.17) is 43.9 Å². The molecule has 0 aliphatic heterocycles. The smallest absolute Gasteiger partial charge is 0.416 e. The van der Waals surface area contributed by atoms with Gasteiger partial charge in [0.1, 0.15) is 24.7 Å². The summed E-state index contributed by atoms with van der Waals surface area (Å²) in [6.45, 7) is 7.18. The van der Waals surface area contributed by atoms with Crippen LogP contribution in [-0.2, 0) is 31.5 Å². The number of nitrogens with one attached hydrogen (secondary N) is 4. The first kappa shape index (κ1) is 59.4. The number of amides is 4. The molecule has 0 spiro atoms. The molecule has 1 atom stereocenters. The van der Waals surface area contributed by atoms with Gasteiger partial charge in [-0.1, -0.05) is 13.8 Å². The summed E-state index contributed by atoms with van der Waals surface area (Å²) in [6, 6.07) is 3.63. The number of halogens is 6. The summed E-state index contributed by atoms with van der Waals surface area (Å²) in [7, 11) is 1.62. The standard InChI is InChI=1S/C32H41F6N9O5.C7H16N4O.C2H6/c1-3-43-24(29(50)46-21-15-19(31(33,34)35)7-8-25(21)51-12-9-39)14-18(2)28(49)47-23-17-20(32(36,37)38)16-22(27(23)52-13-10-40)45-26(48)6-4-5-11-44-30(41)42;1-10-6(12)4-2-3-5-11-7(8)9;1-2/h3,7-8,14-18H,4-6,9-13,39-40H2,1-2H3,(H,45,48)(H,46,50)(H,47,49)(H4,41,42,44);2-5H2,1H3,(H,10,12)(H4,8,9,11);1-2H3/b24-14-,43-3?;;. The van der Waals surface area contributed by atoms with Gasteiger partial charge >= 0.3 is 12.4 Å². The van der Waals surface area contributed by atoms with Crippen LogP contribution in [0.25, 0.3) is 0 Å². The predicted octanol–water partition coefficient (Wildman–Crippen LogP) is 4.17. The maximum absolute atomic E-state index is 14.0. The summed E-state index contributed by atoms with van der Waals surface area (Å²) in [4.78, 5) is 61.5. The molecule has 25 heteroatoms. The van der Waals surface area contributed by atoms with Crippen molar-refractivity contribution in [2.45, 2.75) is 78.6 Å². The Morgan fingerprint density at radius 1 is 0.712 bits per heavy atom. The van der Waals surface area contributed by atoms with Crippen molar-refractivity contribution < 1.29 is 55.0 Å². The maximum Gasteiger partial charge on any atom is 0.416 e. The largest absolute Gasteiger partial charge is 0.490 e. The first-order valence-corrected chi connectivity index (χ1v) is 20.6. The van der Waals surface area contributed by atoms with E-state index in [1.807, 2.05) is 13.8 Å². The van der Waals surface area contributed by atoms with Gasteiger partial charge in [0.25, 0.3) is 5.91 Å². The molecule has 0 aliphatic carbocycles. The molecule has 66 heavy (non-hydrogen) atoms. The number of ether oxygens (including phenoxy) is 2. The van der Waals surface area contributed by atoms with Crippen molar-refractivity contribution in [3.8, 4) is 11.5 Å². The van der Waals surface area contributed by atoms with E-state index in [2.05, 4.69) is 36.2 Å². The molecule has 0 aliphatic rings. The van der Waals surface area contributed by atoms with Crippen LogP contribution < -0.4 is 65.1 Å². The molecule has 0 radical (unpaired) electrons. The lowest BCUT2D eigenvalue weighted by Crippen LogP contribution is -2.23. The van der Waals surface area contributed by atoms with Crippen molar-refractivity contribution in [2.24, 2.45) is 55.3 Å². The third kappa shape index (κ3) is 23.9. The lowest BCUT2D eigenvalue weighted by molar-refractivity contribution is -0.138. The zero-order chi connectivity index (χ0) is 50.5. The van der Waals surface area contributed by atoms with E-state index in [9.17, 15) is 45.5 Å². The van der Waals surface area contributed by atoms with Gasteiger partial charge in [-0.3, -0.25) is 34.2 Å². The van der Waals surface area contributed by atoms with E-state index in [-0.39, 0.29) is 74.3 Å². The zero-order valence-corrected chi connectivity index (χ0v) is 37.6. The van der Waals surface area contributed by atoms with Crippen LogP contribution in [0.1, 0.15) is 77.3 Å². The summed E-state index contributed by atoms with van der Waals surface area (Å²) in [6.07, 6.45) is -4.69. The summed E-state index contributed by atoms with van der Waals surface area (Å²) >= 11 is 0. The molecule has 370 valence electrons. The summed E-state index contributed by atoms with van der Waals surface area (Å²) in [5.74, 6) is -4.35. The van der Waals surface area contributed by atoms with Crippen LogP contribution in [0.4, 0.5) is 43.4 Å². The van der Waals surface area contributed by atoms with Crippen LogP contribution in [-0.4, -0.2) is 88.2 Å². The van der Waals surface area contributed by atoms with E-state index in [0.29, 0.717) is 44.0 Å². The molecule has 0 bridgehead atoms. The minimum atomic E-state index is -4.92. The molecule has 0 fully saturated rings. The van der Waals surface area contributed by atoms with Crippen LogP contribution in [0.5, 0.6) is 11.5 Å². The van der Waals surface area contributed by atoms with Gasteiger partial charge < -0.3 is 65.1 Å². The number of guanidine groups is 2. The zero-order valence-electron chi connectivity index (χ0n) is 37.6. The van der Waals surface area contributed by atoms with Crippen molar-refractivity contribution in [1.82, 2.24) is 5.32 Å². The minimum absolute atomic E-state index is 0.0207. The first-order valence-electron chi connectivity index (χ1n) is 20.6. The van der Waals surface area contributed by atoms with Crippen LogP contribution in [0.3, 0.4) is 0 Å². The highest BCUT2D eigenvalue weighted by Gasteiger charge is 2.34. The topological polar surface area (TPSA) is 328 Å². The summed E-state index contributed by atoms with van der Waals surface area (Å²) < 4.78 is 93.1. The van der Waals surface area contributed by atoms with Gasteiger partial charge in [-0.15, -0.1) is 0 Å². The van der Waals surface area contributed by atoms with Crippen molar-refractivity contribution in [1.29, 1.82) is 0 Å². The number of rotatable bonds is 23. The molecular weight excluding hydrogens is 885 g/mol. The molecule has 4 amide bonds. The Morgan fingerprint density at radius 3 is 1.70 bits per heavy atom. The van der Waals surface area contributed by atoms with Gasteiger partial charge in [0.05, 0.1) is 34.1 Å². The molecule has 16 N–H and O–H groups in total. The van der Waals surface area contributed by atoms with Gasteiger partial charge in [0.15, 0.2) is 17.7 Å². The Labute approximate surface area is 379 Å². The van der Waals surface area contributed by atoms with Crippen molar-refractivity contribution in [3.63, 3.8) is 0 Å². The molecule has 2 aromatic carbocycles. The number of unbranched alkanes of at least 4 members (excludes halogenated alkanes) is 2. The third-order valence-electron chi connectivity index (χ3n) is 8.06. The normalized spacial score (nSPS) is 11.7. The minimum Gasteiger partial charge on any atom is -0.490 e. The van der Waals surface area contributed by atoms with Crippen LogP contribution >= 0.6 is 0 Å². The molecule has 0 saturated heterocycles. The van der Waals surface area contributed by atoms with Gasteiger partial charge in [-0.05, 0) is 75.9 Å². The van der Waals surface area contributed by atoms with Crippen molar-refractivity contribution in [2.75, 3.05) is 62.4 Å². The van der Waals surface area contributed by atoms with Crippen LogP contribution in [0.2, 0.25) is 0 Å². The quantitative estimate of drug-likeness (QED) is 0.0247. The average molecular weight is 948 g/mol.